The molecule has 0 aliphatic heterocycles. The lowest BCUT2D eigenvalue weighted by molar-refractivity contribution is -0.144. The van der Waals surface area contributed by atoms with E-state index in [0.29, 0.717) is 35.8 Å². The molecule has 0 heterocycles. The van der Waals surface area contributed by atoms with Crippen molar-refractivity contribution in [2.45, 2.75) is 45.7 Å². The Morgan fingerprint density at radius 3 is 2.37 bits per heavy atom. The first kappa shape index (κ1) is 31.5. The number of amides is 1. The molecule has 0 spiro atoms. The lowest BCUT2D eigenvalue weighted by Crippen LogP contribution is -2.39. The predicted molar refractivity (Wildman–Crippen MR) is 159 cm³/mol. The number of benzene rings is 3. The van der Waals surface area contributed by atoms with Crippen LogP contribution < -0.4 is 10.1 Å². The van der Waals surface area contributed by atoms with Gasteiger partial charge in [0.1, 0.15) is 17.4 Å². The Morgan fingerprint density at radius 1 is 0.976 bits per heavy atom. The number of nitrogens with zero attached hydrogens (tertiary/aromatic N) is 1. The molecule has 9 nitrogen and oxygen atoms in total. The Morgan fingerprint density at radius 2 is 1.71 bits per heavy atom. The van der Waals surface area contributed by atoms with Crippen molar-refractivity contribution in [2.75, 3.05) is 31.2 Å². The zero-order valence-corrected chi connectivity index (χ0v) is 24.9. The number of methoxy groups -OCH3 is 1. The fourth-order valence-electron chi connectivity index (χ4n) is 4.27. The lowest BCUT2D eigenvalue weighted by Gasteiger charge is -2.29. The number of hydrogen-bond donors (Lipinski definition) is 1. The van der Waals surface area contributed by atoms with Crippen molar-refractivity contribution in [2.24, 2.45) is 0 Å². The highest BCUT2D eigenvalue weighted by Gasteiger charge is 2.24. The van der Waals surface area contributed by atoms with Crippen LogP contribution in [0.15, 0.2) is 72.8 Å². The summed E-state index contributed by atoms with van der Waals surface area (Å²) in [5, 5.41) is 2.92. The van der Waals surface area contributed by atoms with Crippen molar-refractivity contribution in [3.63, 3.8) is 0 Å². The summed E-state index contributed by atoms with van der Waals surface area (Å²) in [4.78, 5) is 26.8. The van der Waals surface area contributed by atoms with Crippen LogP contribution in [0.5, 0.6) is 11.5 Å². The monoisotopic (exact) mass is 582 g/mol. The summed E-state index contributed by atoms with van der Waals surface area (Å²) in [6.07, 6.45) is 1.25. The van der Waals surface area contributed by atoms with Crippen LogP contribution >= 0.6 is 0 Å². The molecule has 3 aromatic carbocycles. The average molecular weight is 583 g/mol. The van der Waals surface area contributed by atoms with Crippen molar-refractivity contribution in [1.29, 1.82) is 0 Å². The van der Waals surface area contributed by atoms with E-state index in [4.69, 9.17) is 14.2 Å². The van der Waals surface area contributed by atoms with E-state index in [1.54, 1.807) is 55.1 Å². The zero-order chi connectivity index (χ0) is 30.0. The van der Waals surface area contributed by atoms with Gasteiger partial charge in [-0.25, -0.2) is 13.2 Å². The number of ether oxygens (including phenoxy) is 3. The van der Waals surface area contributed by atoms with Gasteiger partial charge in [-0.3, -0.25) is 4.79 Å². The molecule has 3 rings (SSSR count). The van der Waals surface area contributed by atoms with Crippen LogP contribution in [0.2, 0.25) is 0 Å². The SMILES string of the molecule is CCOC(=O)C(C)c1cccc(Oc2ccc(NCS(C)(=O)=O)cc2CN(C(=O)OC)[C@@H](C)Cc2ccccc2)c1. The zero-order valence-electron chi connectivity index (χ0n) is 24.1. The Hall–Kier alpha value is -4.05. The molecule has 0 aliphatic carbocycles. The van der Waals surface area contributed by atoms with Crippen molar-refractivity contribution >= 4 is 27.6 Å². The summed E-state index contributed by atoms with van der Waals surface area (Å²) >= 11 is 0. The van der Waals surface area contributed by atoms with Crippen LogP contribution in [0.1, 0.15) is 43.4 Å². The van der Waals surface area contributed by atoms with E-state index in [-0.39, 0.29) is 24.4 Å². The molecule has 10 heteroatoms. The highest BCUT2D eigenvalue weighted by molar-refractivity contribution is 7.90. The summed E-state index contributed by atoms with van der Waals surface area (Å²) in [7, 11) is -1.94. The largest absolute Gasteiger partial charge is 0.466 e. The summed E-state index contributed by atoms with van der Waals surface area (Å²) in [6.45, 7) is 5.91. The minimum atomic E-state index is -3.27. The fraction of sp³-hybridized carbons (Fsp3) is 0.355. The second kappa shape index (κ2) is 14.5. The van der Waals surface area contributed by atoms with Crippen LogP contribution in [-0.2, 0) is 37.1 Å². The Kier molecular flexibility index (Phi) is 11.2. The van der Waals surface area contributed by atoms with Gasteiger partial charge in [-0.15, -0.1) is 0 Å². The first-order valence-electron chi connectivity index (χ1n) is 13.4. The third-order valence-electron chi connectivity index (χ3n) is 6.48. The molecule has 0 radical (unpaired) electrons. The summed E-state index contributed by atoms with van der Waals surface area (Å²) in [6, 6.07) is 22.0. The van der Waals surface area contributed by atoms with Gasteiger partial charge in [0.15, 0.2) is 9.84 Å². The Bertz CT molecular complexity index is 1430. The molecule has 0 bridgehead atoms. The van der Waals surface area contributed by atoms with E-state index in [1.165, 1.54) is 7.11 Å². The van der Waals surface area contributed by atoms with Gasteiger partial charge in [0, 0.05) is 23.5 Å². The summed E-state index contributed by atoms with van der Waals surface area (Å²) < 4.78 is 40.1. The molecule has 0 aliphatic rings. The second-order valence-electron chi connectivity index (χ2n) is 9.85. The van der Waals surface area contributed by atoms with Gasteiger partial charge in [-0.05, 0) is 68.7 Å². The maximum atomic E-state index is 12.9. The smallest absolute Gasteiger partial charge is 0.410 e. The van der Waals surface area contributed by atoms with E-state index in [9.17, 15) is 18.0 Å². The van der Waals surface area contributed by atoms with E-state index >= 15 is 0 Å². The van der Waals surface area contributed by atoms with Crippen molar-refractivity contribution in [3.8, 4) is 11.5 Å². The van der Waals surface area contributed by atoms with E-state index in [0.717, 1.165) is 17.4 Å². The van der Waals surface area contributed by atoms with Gasteiger partial charge in [0.05, 0.1) is 26.2 Å². The molecule has 41 heavy (non-hydrogen) atoms. The number of carbonyl (C=O) groups excluding carboxylic acids is 2. The number of hydrogen-bond acceptors (Lipinski definition) is 8. The predicted octanol–water partition coefficient (Wildman–Crippen LogP) is 5.76. The van der Waals surface area contributed by atoms with Gasteiger partial charge >= 0.3 is 12.1 Å². The molecule has 1 unspecified atom stereocenters. The third-order valence-corrected chi connectivity index (χ3v) is 7.15. The third kappa shape index (κ3) is 9.53. The van der Waals surface area contributed by atoms with Crippen molar-refractivity contribution in [1.82, 2.24) is 4.90 Å². The molecule has 3 aromatic rings. The van der Waals surface area contributed by atoms with Crippen molar-refractivity contribution in [3.05, 3.63) is 89.5 Å². The normalized spacial score (nSPS) is 12.6. The fourth-order valence-corrected chi connectivity index (χ4v) is 4.70. The van der Waals surface area contributed by atoms with Gasteiger partial charge in [-0.1, -0.05) is 42.5 Å². The topological polar surface area (TPSA) is 111 Å². The van der Waals surface area contributed by atoms with Crippen LogP contribution in [0, 0.1) is 0 Å². The number of rotatable bonds is 13. The molecule has 1 amide bonds. The molecule has 0 fully saturated rings. The van der Waals surface area contributed by atoms with Gasteiger partial charge in [0.25, 0.3) is 0 Å². The Labute approximate surface area is 242 Å². The average Bonchev–Trinajstić information content (AvgIpc) is 2.95. The van der Waals surface area contributed by atoms with Gasteiger partial charge < -0.3 is 24.4 Å². The molecule has 0 saturated heterocycles. The first-order chi connectivity index (χ1) is 19.5. The summed E-state index contributed by atoms with van der Waals surface area (Å²) in [5.41, 5.74) is 3.00. The number of anilines is 1. The number of nitrogens with one attached hydrogen (secondary N) is 1. The number of sulfone groups is 1. The minimum absolute atomic E-state index is 0.142. The van der Waals surface area contributed by atoms with Gasteiger partial charge in [0.2, 0.25) is 0 Å². The number of carbonyl (C=O) groups is 2. The molecular weight excluding hydrogens is 544 g/mol. The highest BCUT2D eigenvalue weighted by atomic mass is 32.2. The minimum Gasteiger partial charge on any atom is -0.466 e. The molecule has 0 aromatic heterocycles. The lowest BCUT2D eigenvalue weighted by atomic mass is 10.0. The van der Waals surface area contributed by atoms with Crippen LogP contribution in [0.25, 0.3) is 0 Å². The maximum absolute atomic E-state index is 12.9. The molecule has 0 saturated carbocycles. The van der Waals surface area contributed by atoms with E-state index in [1.807, 2.05) is 43.3 Å². The first-order valence-corrected chi connectivity index (χ1v) is 15.4. The second-order valence-corrected chi connectivity index (χ2v) is 12.0. The molecule has 1 N–H and O–H groups in total. The molecular formula is C31H38N2O7S. The van der Waals surface area contributed by atoms with E-state index < -0.39 is 21.8 Å². The van der Waals surface area contributed by atoms with Crippen LogP contribution in [-0.4, -0.2) is 57.3 Å². The van der Waals surface area contributed by atoms with Crippen LogP contribution in [0.3, 0.4) is 0 Å². The molecule has 2 atom stereocenters. The van der Waals surface area contributed by atoms with Gasteiger partial charge in [-0.2, -0.15) is 0 Å². The Balaban J connectivity index is 1.95. The highest BCUT2D eigenvalue weighted by Crippen LogP contribution is 2.32. The maximum Gasteiger partial charge on any atom is 0.410 e. The van der Waals surface area contributed by atoms with Crippen molar-refractivity contribution < 1.29 is 32.2 Å². The number of esters is 1. The van der Waals surface area contributed by atoms with Crippen LogP contribution in [0.4, 0.5) is 10.5 Å². The summed E-state index contributed by atoms with van der Waals surface area (Å²) in [5.74, 6) is -0.0803. The molecule has 220 valence electrons. The quantitative estimate of drug-likeness (QED) is 0.253. The standard InChI is InChI=1S/C31H38N2O7S/c1-6-39-30(34)23(3)25-13-10-14-28(19-25)40-29-16-15-27(32-21-41(5,36)37)18-26(29)20-33(31(35)38-4)22(2)17-24-11-8-7-9-12-24/h7-16,18-19,22-23,32H,6,17,20-21H2,1-5H3/t22-,23?/m0/s1. The van der Waals surface area contributed by atoms with E-state index in [2.05, 4.69) is 5.32 Å².